The smallest absolute Gasteiger partial charge is 0.134 e. The summed E-state index contributed by atoms with van der Waals surface area (Å²) in [6.07, 6.45) is 2.89. The molecule has 1 aromatic carbocycles. The highest BCUT2D eigenvalue weighted by atomic mass is 16.3. The van der Waals surface area contributed by atoms with Crippen LogP contribution in [0.4, 0.5) is 0 Å². The van der Waals surface area contributed by atoms with Gasteiger partial charge in [-0.3, -0.25) is 0 Å². The fourth-order valence-corrected chi connectivity index (χ4v) is 2.02. The topological polar surface area (TPSA) is 37.2 Å². The Bertz CT molecular complexity index is 476. The van der Waals surface area contributed by atoms with E-state index in [1.807, 2.05) is 18.4 Å². The second kappa shape index (κ2) is 6.57. The molecule has 2 N–H and O–H groups in total. The van der Waals surface area contributed by atoms with E-state index >= 15 is 0 Å². The zero-order valence-corrected chi connectivity index (χ0v) is 11.2. The van der Waals surface area contributed by atoms with Crippen molar-refractivity contribution < 1.29 is 4.42 Å². The lowest BCUT2D eigenvalue weighted by Gasteiger charge is -2.08. The molecule has 0 atom stereocenters. The number of para-hydroxylation sites is 1. The maximum Gasteiger partial charge on any atom is 0.134 e. The zero-order chi connectivity index (χ0) is 12.8. The largest absolute Gasteiger partial charge is 0.464 e. The highest BCUT2D eigenvalue weighted by molar-refractivity contribution is 5.80. The first-order valence-electron chi connectivity index (χ1n) is 6.66. The summed E-state index contributed by atoms with van der Waals surface area (Å²) < 4.78 is 5.52. The Morgan fingerprint density at radius 3 is 2.78 bits per heavy atom. The van der Waals surface area contributed by atoms with E-state index in [1.165, 1.54) is 10.9 Å². The van der Waals surface area contributed by atoms with Crippen LogP contribution >= 0.6 is 0 Å². The van der Waals surface area contributed by atoms with Crippen LogP contribution in [0.15, 0.2) is 34.9 Å². The molecule has 2 aromatic rings. The van der Waals surface area contributed by atoms with E-state index < -0.39 is 0 Å². The normalized spacial score (nSPS) is 11.5. The van der Waals surface area contributed by atoms with Gasteiger partial charge in [0.25, 0.3) is 0 Å². The van der Waals surface area contributed by atoms with Crippen molar-refractivity contribution in [2.75, 3.05) is 19.6 Å². The number of fused-ring (bicyclic) bond motifs is 1. The second-order valence-electron chi connectivity index (χ2n) is 4.87. The summed E-state index contributed by atoms with van der Waals surface area (Å²) >= 11 is 0. The van der Waals surface area contributed by atoms with Crippen LogP contribution in [-0.2, 0) is 6.42 Å². The molecule has 0 aliphatic heterocycles. The average Bonchev–Trinajstić information content (AvgIpc) is 2.77. The van der Waals surface area contributed by atoms with E-state index in [2.05, 4.69) is 36.6 Å². The molecule has 18 heavy (non-hydrogen) atoms. The molecular weight excluding hydrogens is 224 g/mol. The standard InChI is InChI=1S/C15H22N2O/c1-12(2)17-10-9-16-8-7-13-11-18-15-6-4-3-5-14(13)15/h3-6,11-12,16-17H,7-10H2,1-2H3. The quantitative estimate of drug-likeness (QED) is 0.737. The van der Waals surface area contributed by atoms with E-state index in [-0.39, 0.29) is 0 Å². The summed E-state index contributed by atoms with van der Waals surface area (Å²) in [5, 5.41) is 8.06. The number of hydrogen-bond donors (Lipinski definition) is 2. The first-order chi connectivity index (χ1) is 8.77. The van der Waals surface area contributed by atoms with Gasteiger partial charge in [-0.15, -0.1) is 0 Å². The maximum atomic E-state index is 5.52. The highest BCUT2D eigenvalue weighted by Gasteiger charge is 2.03. The van der Waals surface area contributed by atoms with Crippen LogP contribution in [0.25, 0.3) is 11.0 Å². The van der Waals surface area contributed by atoms with Crippen molar-refractivity contribution in [3.8, 4) is 0 Å². The SMILES string of the molecule is CC(C)NCCNCCc1coc2ccccc12. The lowest BCUT2D eigenvalue weighted by molar-refractivity contribution is 0.555. The van der Waals surface area contributed by atoms with Gasteiger partial charge in [-0.2, -0.15) is 0 Å². The molecule has 0 amide bonds. The molecule has 0 aliphatic carbocycles. The number of furan rings is 1. The third-order valence-electron chi connectivity index (χ3n) is 2.99. The highest BCUT2D eigenvalue weighted by Crippen LogP contribution is 2.20. The Morgan fingerprint density at radius 1 is 1.11 bits per heavy atom. The minimum atomic E-state index is 0.560. The summed E-state index contributed by atoms with van der Waals surface area (Å²) in [4.78, 5) is 0. The molecule has 0 aliphatic rings. The number of nitrogens with one attached hydrogen (secondary N) is 2. The van der Waals surface area contributed by atoms with E-state index in [0.717, 1.165) is 31.6 Å². The van der Waals surface area contributed by atoms with Crippen LogP contribution in [0.3, 0.4) is 0 Å². The average molecular weight is 246 g/mol. The third-order valence-corrected chi connectivity index (χ3v) is 2.99. The van der Waals surface area contributed by atoms with Crippen LogP contribution in [0.5, 0.6) is 0 Å². The zero-order valence-electron chi connectivity index (χ0n) is 11.2. The van der Waals surface area contributed by atoms with Gasteiger partial charge >= 0.3 is 0 Å². The Balaban J connectivity index is 1.74. The van der Waals surface area contributed by atoms with E-state index in [9.17, 15) is 0 Å². The molecule has 3 heteroatoms. The molecule has 0 saturated carbocycles. The fourth-order valence-electron chi connectivity index (χ4n) is 2.02. The molecule has 1 aromatic heterocycles. The minimum Gasteiger partial charge on any atom is -0.464 e. The van der Waals surface area contributed by atoms with Gasteiger partial charge in [-0.25, -0.2) is 0 Å². The molecule has 98 valence electrons. The summed E-state index contributed by atoms with van der Waals surface area (Å²) in [5.74, 6) is 0. The van der Waals surface area contributed by atoms with Gasteiger partial charge in [0.1, 0.15) is 5.58 Å². The van der Waals surface area contributed by atoms with Crippen LogP contribution < -0.4 is 10.6 Å². The van der Waals surface area contributed by atoms with E-state index in [4.69, 9.17) is 4.42 Å². The van der Waals surface area contributed by atoms with Crippen molar-refractivity contribution in [2.24, 2.45) is 0 Å². The van der Waals surface area contributed by atoms with Crippen LogP contribution in [0, 0.1) is 0 Å². The van der Waals surface area contributed by atoms with Crippen molar-refractivity contribution in [3.05, 3.63) is 36.1 Å². The predicted molar refractivity (Wildman–Crippen MR) is 75.9 cm³/mol. The van der Waals surface area contributed by atoms with Gasteiger partial charge in [0, 0.05) is 24.5 Å². The fraction of sp³-hybridized carbons (Fsp3) is 0.467. The van der Waals surface area contributed by atoms with Crippen LogP contribution in [0.1, 0.15) is 19.4 Å². The lowest BCUT2D eigenvalue weighted by Crippen LogP contribution is -2.32. The molecule has 1 heterocycles. The molecule has 0 fully saturated rings. The first kappa shape index (κ1) is 13.1. The van der Waals surface area contributed by atoms with Crippen molar-refractivity contribution in [2.45, 2.75) is 26.3 Å². The van der Waals surface area contributed by atoms with Gasteiger partial charge in [0.2, 0.25) is 0 Å². The van der Waals surface area contributed by atoms with Crippen molar-refractivity contribution in [3.63, 3.8) is 0 Å². The molecule has 0 bridgehead atoms. The van der Waals surface area contributed by atoms with Crippen LogP contribution in [0.2, 0.25) is 0 Å². The number of hydrogen-bond acceptors (Lipinski definition) is 3. The van der Waals surface area contributed by atoms with E-state index in [1.54, 1.807) is 0 Å². The number of benzene rings is 1. The Hall–Kier alpha value is -1.32. The van der Waals surface area contributed by atoms with Crippen molar-refractivity contribution in [1.29, 1.82) is 0 Å². The summed E-state index contributed by atoms with van der Waals surface area (Å²) in [6.45, 7) is 7.34. The molecule has 3 nitrogen and oxygen atoms in total. The Labute approximate surface area is 109 Å². The lowest BCUT2D eigenvalue weighted by atomic mass is 10.1. The minimum absolute atomic E-state index is 0.560. The molecule has 0 unspecified atom stereocenters. The molecule has 0 saturated heterocycles. The molecule has 2 rings (SSSR count). The van der Waals surface area contributed by atoms with Gasteiger partial charge in [0.05, 0.1) is 6.26 Å². The predicted octanol–water partition coefficient (Wildman–Crippen LogP) is 2.56. The maximum absolute atomic E-state index is 5.52. The molecule has 0 spiro atoms. The summed E-state index contributed by atoms with van der Waals surface area (Å²) in [7, 11) is 0. The molecular formula is C15H22N2O. The number of rotatable bonds is 7. The van der Waals surface area contributed by atoms with E-state index in [0.29, 0.717) is 6.04 Å². The van der Waals surface area contributed by atoms with Crippen molar-refractivity contribution >= 4 is 11.0 Å². The Kier molecular flexibility index (Phi) is 4.79. The summed E-state index contributed by atoms with van der Waals surface area (Å²) in [5.41, 5.74) is 2.27. The Morgan fingerprint density at radius 2 is 1.94 bits per heavy atom. The van der Waals surface area contributed by atoms with Crippen molar-refractivity contribution in [1.82, 2.24) is 10.6 Å². The summed E-state index contributed by atoms with van der Waals surface area (Å²) in [6, 6.07) is 8.75. The van der Waals surface area contributed by atoms with Gasteiger partial charge < -0.3 is 15.1 Å². The third kappa shape index (κ3) is 3.59. The second-order valence-corrected chi connectivity index (χ2v) is 4.87. The first-order valence-corrected chi connectivity index (χ1v) is 6.66. The van der Waals surface area contributed by atoms with Gasteiger partial charge in [-0.05, 0) is 24.6 Å². The molecule has 0 radical (unpaired) electrons. The monoisotopic (exact) mass is 246 g/mol. The van der Waals surface area contributed by atoms with Crippen LogP contribution in [-0.4, -0.2) is 25.7 Å². The van der Waals surface area contributed by atoms with Gasteiger partial charge in [-0.1, -0.05) is 32.0 Å². The van der Waals surface area contributed by atoms with Gasteiger partial charge in [0.15, 0.2) is 0 Å².